The van der Waals surface area contributed by atoms with E-state index in [4.69, 9.17) is 16.5 Å². The Hall–Kier alpha value is -2.73. The van der Waals surface area contributed by atoms with Crippen molar-refractivity contribution in [1.29, 1.82) is 0 Å². The molecule has 1 aliphatic rings. The average Bonchev–Trinajstić information content (AvgIpc) is 3.57. The number of amides is 1. The van der Waals surface area contributed by atoms with Gasteiger partial charge in [0.15, 0.2) is 17.3 Å². The molecule has 0 bridgehead atoms. The molecular weight excluding hydrogens is 421 g/mol. The first-order chi connectivity index (χ1) is 14.9. The van der Waals surface area contributed by atoms with Crippen molar-refractivity contribution in [2.24, 2.45) is 22.7 Å². The molecule has 0 unspecified atom stereocenters. The lowest BCUT2D eigenvalue weighted by molar-refractivity contribution is -0.830. The fourth-order valence-electron chi connectivity index (χ4n) is 2.97. The Bertz CT molecular complexity index is 967. The largest absolute Gasteiger partial charge is 0.321 e. The van der Waals surface area contributed by atoms with Crippen LogP contribution in [0.1, 0.15) is 35.2 Å². The molecule has 0 radical (unpaired) electrons. The number of nitrogens with one attached hydrogen (secondary N) is 1. The van der Waals surface area contributed by atoms with E-state index in [0.29, 0.717) is 15.8 Å². The van der Waals surface area contributed by atoms with Gasteiger partial charge in [-0.3, -0.25) is 9.80 Å². The zero-order valence-corrected chi connectivity index (χ0v) is 18.3. The number of rotatable bonds is 8. The van der Waals surface area contributed by atoms with E-state index < -0.39 is 11.7 Å². The third-order valence-electron chi connectivity index (χ3n) is 4.78. The summed E-state index contributed by atoms with van der Waals surface area (Å²) in [7, 11) is 3.09. The maximum Gasteiger partial charge on any atom is 0.258 e. The SMILES string of the molecule is CO[NH2+]c1ccc(S/C(=N/N)N(C)N)c(C(=O)Nc2ncc(CCC3CC3)cc2F)c1. The zero-order chi connectivity index (χ0) is 22.4. The lowest BCUT2D eigenvalue weighted by Crippen LogP contribution is -2.75. The quantitative estimate of drug-likeness (QED) is 0.121. The number of carbonyl (C=O) groups is 1. The lowest BCUT2D eigenvalue weighted by Gasteiger charge is -2.15. The number of amidine groups is 1. The third-order valence-corrected chi connectivity index (χ3v) is 5.94. The molecule has 1 heterocycles. The number of nitrogens with two attached hydrogens (primary N) is 3. The van der Waals surface area contributed by atoms with Gasteiger partial charge in [0.2, 0.25) is 5.17 Å². The van der Waals surface area contributed by atoms with Gasteiger partial charge in [-0.15, -0.1) is 0 Å². The summed E-state index contributed by atoms with van der Waals surface area (Å²) in [5.74, 6) is 10.6. The average molecular weight is 449 g/mol. The van der Waals surface area contributed by atoms with Crippen LogP contribution in [0.25, 0.3) is 0 Å². The van der Waals surface area contributed by atoms with E-state index in [2.05, 4.69) is 15.4 Å². The van der Waals surface area contributed by atoms with Gasteiger partial charge in [0.1, 0.15) is 0 Å². The smallest absolute Gasteiger partial charge is 0.258 e. The molecule has 1 saturated carbocycles. The molecule has 2 aromatic rings. The van der Waals surface area contributed by atoms with Crippen LogP contribution in [0.5, 0.6) is 0 Å². The number of pyridine rings is 1. The summed E-state index contributed by atoms with van der Waals surface area (Å²) >= 11 is 1.11. The van der Waals surface area contributed by atoms with Gasteiger partial charge >= 0.3 is 0 Å². The molecule has 0 atom stereocenters. The number of hydrogen-bond acceptors (Lipinski definition) is 7. The fraction of sp³-hybridized carbons (Fsp3) is 0.350. The van der Waals surface area contributed by atoms with Crippen LogP contribution in [0.2, 0.25) is 0 Å². The van der Waals surface area contributed by atoms with Crippen LogP contribution in [0.3, 0.4) is 0 Å². The molecule has 11 heteroatoms. The molecule has 0 saturated heterocycles. The van der Waals surface area contributed by atoms with E-state index in [0.717, 1.165) is 36.1 Å². The molecule has 3 rings (SSSR count). The Morgan fingerprint density at radius 1 is 1.45 bits per heavy atom. The van der Waals surface area contributed by atoms with Crippen LogP contribution in [-0.2, 0) is 11.3 Å². The van der Waals surface area contributed by atoms with Gasteiger partial charge in [-0.1, -0.05) is 12.8 Å². The highest BCUT2D eigenvalue weighted by molar-refractivity contribution is 8.13. The summed E-state index contributed by atoms with van der Waals surface area (Å²) in [6.45, 7) is 0. The van der Waals surface area contributed by atoms with Gasteiger partial charge in [-0.25, -0.2) is 20.1 Å². The molecule has 9 nitrogen and oxygen atoms in total. The van der Waals surface area contributed by atoms with E-state index >= 15 is 0 Å². The topological polar surface area (TPSA) is 135 Å². The monoisotopic (exact) mass is 448 g/mol. The second-order valence-electron chi connectivity index (χ2n) is 7.34. The molecule has 1 aliphatic carbocycles. The number of aromatic nitrogens is 1. The number of nitrogens with zero attached hydrogens (tertiary/aromatic N) is 3. The Balaban J connectivity index is 1.80. The van der Waals surface area contributed by atoms with Crippen LogP contribution in [-0.4, -0.2) is 35.2 Å². The molecular formula is C20H27FN7O2S+. The number of hydrogen-bond donors (Lipinski definition) is 4. The summed E-state index contributed by atoms with van der Waals surface area (Å²) in [5.41, 5.74) is 3.25. The highest BCUT2D eigenvalue weighted by Gasteiger charge is 2.22. The third kappa shape index (κ3) is 6.37. The predicted molar refractivity (Wildman–Crippen MR) is 118 cm³/mol. The number of halogens is 1. The minimum absolute atomic E-state index is 0.124. The number of thioether (sulfide) groups is 1. The van der Waals surface area contributed by atoms with Crippen molar-refractivity contribution in [2.45, 2.75) is 30.6 Å². The number of carbonyl (C=O) groups excluding carboxylic acids is 1. The highest BCUT2D eigenvalue weighted by Crippen LogP contribution is 2.33. The number of hydrazone groups is 1. The lowest BCUT2D eigenvalue weighted by atomic mass is 10.1. The molecule has 1 aromatic heterocycles. The first kappa shape index (κ1) is 22.9. The van der Waals surface area contributed by atoms with Crippen LogP contribution in [0.15, 0.2) is 40.5 Å². The standard InChI is InChI=1S/C20H26FN7O2S/c1-28(23)20(26-22)31-17-8-7-14(27-30-2)10-15(17)19(29)25-18-16(21)9-13(11-24-18)6-5-12-3-4-12/h7-12,27H,3-6,22-23H2,1-2H3,(H,24,25,29)/p+1/b26-20+. The minimum atomic E-state index is -0.568. The molecule has 1 aromatic carbocycles. The molecule has 0 spiro atoms. The number of anilines is 1. The number of hydrazine groups is 1. The van der Waals surface area contributed by atoms with Gasteiger partial charge in [-0.2, -0.15) is 10.6 Å². The molecule has 166 valence electrons. The first-order valence-electron chi connectivity index (χ1n) is 9.81. The van der Waals surface area contributed by atoms with Crippen LogP contribution in [0.4, 0.5) is 15.9 Å². The fourth-order valence-corrected chi connectivity index (χ4v) is 3.76. The second-order valence-corrected chi connectivity index (χ2v) is 8.35. The number of benzene rings is 1. The van der Waals surface area contributed by atoms with Crippen LogP contribution in [0, 0.1) is 11.7 Å². The Morgan fingerprint density at radius 2 is 2.23 bits per heavy atom. The van der Waals surface area contributed by atoms with Crippen molar-refractivity contribution in [3.63, 3.8) is 0 Å². The highest BCUT2D eigenvalue weighted by atomic mass is 32.2. The summed E-state index contributed by atoms with van der Waals surface area (Å²) in [5, 5.41) is 7.71. The van der Waals surface area contributed by atoms with Crippen molar-refractivity contribution in [2.75, 3.05) is 19.5 Å². The van der Waals surface area contributed by atoms with E-state index in [1.54, 1.807) is 31.4 Å². The summed E-state index contributed by atoms with van der Waals surface area (Å²) in [6.07, 6.45) is 5.93. The summed E-state index contributed by atoms with van der Waals surface area (Å²) in [4.78, 5) is 22.7. The number of aryl methyl sites for hydroxylation is 1. The van der Waals surface area contributed by atoms with Gasteiger partial charge in [0, 0.05) is 30.3 Å². The van der Waals surface area contributed by atoms with Crippen molar-refractivity contribution >= 4 is 34.3 Å². The normalized spacial score (nSPS) is 13.9. The summed E-state index contributed by atoms with van der Waals surface area (Å²) < 4.78 is 14.6. The van der Waals surface area contributed by atoms with Crippen LogP contribution < -0.4 is 22.5 Å². The maximum absolute atomic E-state index is 14.6. The van der Waals surface area contributed by atoms with Crippen molar-refractivity contribution < 1.29 is 19.5 Å². The Morgan fingerprint density at radius 3 is 2.84 bits per heavy atom. The van der Waals surface area contributed by atoms with E-state index in [1.165, 1.54) is 36.5 Å². The van der Waals surface area contributed by atoms with Gasteiger partial charge < -0.3 is 11.2 Å². The van der Waals surface area contributed by atoms with Gasteiger partial charge in [-0.05, 0) is 48.2 Å². The first-order valence-corrected chi connectivity index (χ1v) is 10.6. The number of quaternary nitrogens is 1. The van der Waals surface area contributed by atoms with Crippen molar-refractivity contribution in [3.8, 4) is 0 Å². The zero-order valence-electron chi connectivity index (χ0n) is 17.5. The van der Waals surface area contributed by atoms with Crippen molar-refractivity contribution in [1.82, 2.24) is 9.99 Å². The van der Waals surface area contributed by atoms with E-state index in [9.17, 15) is 9.18 Å². The Labute approximate surface area is 184 Å². The molecule has 0 aliphatic heterocycles. The molecule has 1 fully saturated rings. The maximum atomic E-state index is 14.6. The van der Waals surface area contributed by atoms with Crippen LogP contribution >= 0.6 is 11.8 Å². The molecule has 1 amide bonds. The van der Waals surface area contributed by atoms with E-state index in [-0.39, 0.29) is 11.4 Å². The van der Waals surface area contributed by atoms with Crippen molar-refractivity contribution in [3.05, 3.63) is 47.4 Å². The summed E-state index contributed by atoms with van der Waals surface area (Å²) in [6, 6.07) is 6.52. The van der Waals surface area contributed by atoms with Gasteiger partial charge in [0.25, 0.3) is 5.91 Å². The molecule has 7 N–H and O–H groups in total. The second kappa shape index (κ2) is 10.5. The van der Waals surface area contributed by atoms with Gasteiger partial charge in [0.05, 0.1) is 12.7 Å². The molecule has 31 heavy (non-hydrogen) atoms. The Kier molecular flexibility index (Phi) is 7.80. The van der Waals surface area contributed by atoms with E-state index in [1.807, 2.05) is 0 Å². The predicted octanol–water partition coefficient (Wildman–Crippen LogP) is 1.70. The minimum Gasteiger partial charge on any atom is -0.321 e.